The summed E-state index contributed by atoms with van der Waals surface area (Å²) in [4.78, 5) is 51.7. The van der Waals surface area contributed by atoms with Gasteiger partial charge in [-0.1, -0.05) is 40.2 Å². The smallest absolute Gasteiger partial charge is 0.306 e. The van der Waals surface area contributed by atoms with Gasteiger partial charge in [0, 0.05) is 24.8 Å². The van der Waals surface area contributed by atoms with Gasteiger partial charge in [-0.2, -0.15) is 0 Å². The van der Waals surface area contributed by atoms with E-state index in [1.54, 1.807) is 6.92 Å². The maximum absolute atomic E-state index is 14.0. The molecule has 4 rings (SSSR count). The van der Waals surface area contributed by atoms with Crippen molar-refractivity contribution in [3.63, 3.8) is 0 Å². The Hall–Kier alpha value is -2.12. The van der Waals surface area contributed by atoms with Gasteiger partial charge >= 0.3 is 5.97 Å². The first kappa shape index (κ1) is 27.9. The van der Waals surface area contributed by atoms with Gasteiger partial charge in [0.15, 0.2) is 11.6 Å². The fourth-order valence-electron chi connectivity index (χ4n) is 8.69. The van der Waals surface area contributed by atoms with Crippen molar-refractivity contribution in [3.05, 3.63) is 22.8 Å². The number of carboxylic acid groups (broad SMARTS) is 1. The zero-order valence-electron chi connectivity index (χ0n) is 23.2. The lowest BCUT2D eigenvalue weighted by atomic mass is 9.42. The third-order valence-electron chi connectivity index (χ3n) is 11.2. The van der Waals surface area contributed by atoms with Crippen LogP contribution in [0, 0.1) is 39.4 Å². The van der Waals surface area contributed by atoms with Crippen LogP contribution in [0.2, 0.25) is 0 Å². The number of hydrogen-bond acceptors (Lipinski definition) is 6. The Labute approximate surface area is 219 Å². The average molecular weight is 515 g/mol. The highest BCUT2D eigenvalue weighted by molar-refractivity contribution is 6.05. The average Bonchev–Trinajstić information content (AvgIpc) is 2.99. The van der Waals surface area contributed by atoms with Gasteiger partial charge in [-0.25, -0.2) is 0 Å². The van der Waals surface area contributed by atoms with Crippen molar-refractivity contribution in [1.82, 2.24) is 0 Å². The second kappa shape index (κ2) is 8.70. The first-order valence-corrected chi connectivity index (χ1v) is 13.5. The normalized spacial score (nSPS) is 42.1. The molecule has 0 amide bonds. The lowest BCUT2D eigenvalue weighted by Gasteiger charge is -2.61. The van der Waals surface area contributed by atoms with Crippen LogP contribution in [0.25, 0.3) is 0 Å². The Kier molecular flexibility index (Phi) is 6.56. The van der Waals surface area contributed by atoms with Crippen LogP contribution < -0.4 is 0 Å². The summed E-state index contributed by atoms with van der Waals surface area (Å²) in [5.74, 6) is -2.71. The molecular weight excluding hydrogens is 472 g/mol. The van der Waals surface area contributed by atoms with Gasteiger partial charge in [0.25, 0.3) is 0 Å². The summed E-state index contributed by atoms with van der Waals surface area (Å²) in [5, 5.41) is 31.5. The van der Waals surface area contributed by atoms with Gasteiger partial charge < -0.3 is 15.3 Å². The van der Waals surface area contributed by atoms with E-state index in [0.717, 1.165) is 0 Å². The van der Waals surface area contributed by atoms with Gasteiger partial charge in [-0.15, -0.1) is 0 Å². The number of fused-ring (bicyclic) bond motifs is 4. The van der Waals surface area contributed by atoms with E-state index in [1.807, 2.05) is 27.7 Å². The molecule has 0 bridgehead atoms. The number of carbonyl (C=O) groups is 4. The standard InChI is InChI=1S/C30H42O7/c1-15(10-17(31)11-16(2)26(36)37)18-12-23(35)30(7)25-19(32)13-21-27(3,4)22(34)8-9-28(21,5)24(25)20(33)14-29(18,30)6/h10,16,18-19,21-22,32,34H,8-9,11-14H2,1-7H3,(H,36,37)/b15-10-/t16-,18-,19+,21+,22+,28+,29-,30+/m1/s1. The number of aliphatic hydroxyl groups excluding tert-OH is 2. The quantitative estimate of drug-likeness (QED) is 0.472. The zero-order chi connectivity index (χ0) is 27.9. The maximum Gasteiger partial charge on any atom is 0.306 e. The summed E-state index contributed by atoms with van der Waals surface area (Å²) in [6.07, 6.45) is 1.71. The first-order chi connectivity index (χ1) is 16.9. The molecule has 0 radical (unpaired) electrons. The van der Waals surface area contributed by atoms with Crippen molar-refractivity contribution in [2.45, 2.75) is 99.2 Å². The molecule has 204 valence electrons. The predicted octanol–water partition coefficient (Wildman–Crippen LogP) is 4.05. The SMILES string of the molecule is C/C(=C/C(=O)C[C@@H](C)C(=O)O)[C@H]1CC(=O)[C@@]2(C)C3=C(C(=O)C[C@]12C)[C@@]1(C)CC[C@H](O)C(C)(C)[C@@H]1C[C@@H]3O. The Bertz CT molecular complexity index is 1130. The number of allylic oxidation sites excluding steroid dienone is 3. The number of ketones is 3. The Morgan fingerprint density at radius 1 is 1.11 bits per heavy atom. The highest BCUT2D eigenvalue weighted by atomic mass is 16.4. The number of hydrogen-bond donors (Lipinski definition) is 3. The van der Waals surface area contributed by atoms with Crippen LogP contribution in [0.1, 0.15) is 87.0 Å². The molecule has 0 saturated heterocycles. The lowest BCUT2D eigenvalue weighted by Crippen LogP contribution is -2.60. The van der Waals surface area contributed by atoms with Gasteiger partial charge in [0.05, 0.1) is 23.5 Å². The monoisotopic (exact) mass is 514 g/mol. The van der Waals surface area contributed by atoms with Crippen molar-refractivity contribution in [1.29, 1.82) is 0 Å². The maximum atomic E-state index is 14.0. The van der Waals surface area contributed by atoms with E-state index in [2.05, 4.69) is 6.92 Å². The minimum atomic E-state index is -1.05. The van der Waals surface area contributed by atoms with E-state index in [1.165, 1.54) is 13.0 Å². The molecule has 0 unspecified atom stereocenters. The van der Waals surface area contributed by atoms with Crippen LogP contribution in [0.15, 0.2) is 22.8 Å². The first-order valence-electron chi connectivity index (χ1n) is 13.5. The Morgan fingerprint density at radius 3 is 2.32 bits per heavy atom. The fraction of sp³-hybridized carbons (Fsp3) is 0.733. The highest BCUT2D eigenvalue weighted by Crippen LogP contribution is 2.70. The summed E-state index contributed by atoms with van der Waals surface area (Å²) in [5.41, 5.74) is -1.06. The van der Waals surface area contributed by atoms with Crippen LogP contribution in [0.3, 0.4) is 0 Å². The third-order valence-corrected chi connectivity index (χ3v) is 11.2. The zero-order valence-corrected chi connectivity index (χ0v) is 23.2. The van der Waals surface area contributed by atoms with Crippen molar-refractivity contribution in [3.8, 4) is 0 Å². The summed E-state index contributed by atoms with van der Waals surface area (Å²) >= 11 is 0. The fourth-order valence-corrected chi connectivity index (χ4v) is 8.69. The number of rotatable bonds is 5. The lowest BCUT2D eigenvalue weighted by molar-refractivity contribution is -0.143. The number of aliphatic carboxylic acids is 1. The van der Waals surface area contributed by atoms with Crippen LogP contribution in [0.4, 0.5) is 0 Å². The molecule has 0 aromatic heterocycles. The van der Waals surface area contributed by atoms with Gasteiger partial charge in [-0.3, -0.25) is 19.2 Å². The molecule has 8 atom stereocenters. The molecule has 7 nitrogen and oxygen atoms in total. The predicted molar refractivity (Wildman–Crippen MR) is 137 cm³/mol. The third kappa shape index (κ3) is 3.75. The molecule has 0 aromatic carbocycles. The van der Waals surface area contributed by atoms with E-state index in [0.29, 0.717) is 36.0 Å². The minimum Gasteiger partial charge on any atom is -0.481 e. The molecule has 0 spiro atoms. The summed E-state index contributed by atoms with van der Waals surface area (Å²) in [7, 11) is 0. The van der Waals surface area contributed by atoms with Gasteiger partial charge in [-0.05, 0) is 72.8 Å². The summed E-state index contributed by atoms with van der Waals surface area (Å²) in [6.45, 7) is 13.1. The number of aliphatic hydroxyl groups is 2. The van der Waals surface area contributed by atoms with E-state index >= 15 is 0 Å². The Balaban J connectivity index is 1.80. The molecule has 2 fully saturated rings. The minimum absolute atomic E-state index is 0.0321. The van der Waals surface area contributed by atoms with Crippen molar-refractivity contribution in [2.24, 2.45) is 39.4 Å². The van der Waals surface area contributed by atoms with Gasteiger partial charge in [0.1, 0.15) is 5.78 Å². The second-order valence-electron chi connectivity index (χ2n) is 13.5. The van der Waals surface area contributed by atoms with E-state index in [9.17, 15) is 29.4 Å². The van der Waals surface area contributed by atoms with Crippen molar-refractivity contribution >= 4 is 23.3 Å². The molecule has 3 N–H and O–H groups in total. The van der Waals surface area contributed by atoms with Crippen LogP contribution >= 0.6 is 0 Å². The topological polar surface area (TPSA) is 129 Å². The molecular formula is C30H42O7. The van der Waals surface area contributed by atoms with E-state index < -0.39 is 45.8 Å². The van der Waals surface area contributed by atoms with Gasteiger partial charge in [0.2, 0.25) is 0 Å². The summed E-state index contributed by atoms with van der Waals surface area (Å²) in [6, 6.07) is 0. The largest absolute Gasteiger partial charge is 0.481 e. The molecule has 2 saturated carbocycles. The van der Waals surface area contributed by atoms with E-state index in [-0.39, 0.29) is 48.4 Å². The number of carbonyl (C=O) groups excluding carboxylic acids is 3. The van der Waals surface area contributed by atoms with Crippen molar-refractivity contribution < 1.29 is 34.5 Å². The van der Waals surface area contributed by atoms with Crippen LogP contribution in [-0.2, 0) is 19.2 Å². The molecule has 4 aliphatic carbocycles. The second-order valence-corrected chi connectivity index (χ2v) is 13.5. The van der Waals surface area contributed by atoms with E-state index in [4.69, 9.17) is 5.11 Å². The summed E-state index contributed by atoms with van der Waals surface area (Å²) < 4.78 is 0. The molecule has 0 heterocycles. The van der Waals surface area contributed by atoms with Crippen LogP contribution in [-0.4, -0.2) is 50.8 Å². The molecule has 37 heavy (non-hydrogen) atoms. The number of carboxylic acids is 1. The number of Topliss-reactive ketones (excluding diaryl/α,β-unsaturated/α-hetero) is 2. The molecule has 0 aliphatic heterocycles. The Morgan fingerprint density at radius 2 is 1.73 bits per heavy atom. The highest BCUT2D eigenvalue weighted by Gasteiger charge is 2.69. The van der Waals surface area contributed by atoms with Crippen LogP contribution in [0.5, 0.6) is 0 Å². The molecule has 0 aromatic rings. The van der Waals surface area contributed by atoms with Crippen molar-refractivity contribution in [2.75, 3.05) is 0 Å². The molecule has 4 aliphatic rings. The molecule has 7 heteroatoms.